The summed E-state index contributed by atoms with van der Waals surface area (Å²) in [5, 5.41) is 9.79. The summed E-state index contributed by atoms with van der Waals surface area (Å²) in [4.78, 5) is 16.0. The number of phenols is 1. The maximum Gasteiger partial charge on any atom is 0.337 e. The van der Waals surface area contributed by atoms with E-state index in [1.54, 1.807) is 18.3 Å². The maximum absolute atomic E-state index is 11.6. The van der Waals surface area contributed by atoms with Gasteiger partial charge in [0.25, 0.3) is 0 Å². The molecule has 2 aromatic carbocycles. The molecule has 114 valence electrons. The van der Waals surface area contributed by atoms with Crippen LogP contribution in [0.4, 0.5) is 5.69 Å². The fourth-order valence-corrected chi connectivity index (χ4v) is 2.20. The van der Waals surface area contributed by atoms with E-state index in [9.17, 15) is 9.90 Å². The highest BCUT2D eigenvalue weighted by molar-refractivity contribution is 5.91. The molecule has 0 spiro atoms. The fourth-order valence-electron chi connectivity index (χ4n) is 2.20. The van der Waals surface area contributed by atoms with Crippen LogP contribution in [0, 0.1) is 20.8 Å². The third-order valence-corrected chi connectivity index (χ3v) is 3.50. The van der Waals surface area contributed by atoms with Crippen LogP contribution in [-0.2, 0) is 4.74 Å². The number of hydrogen-bond acceptors (Lipinski definition) is 4. The van der Waals surface area contributed by atoms with Gasteiger partial charge in [0.1, 0.15) is 5.75 Å². The molecule has 0 aromatic heterocycles. The highest BCUT2D eigenvalue weighted by atomic mass is 16.5. The van der Waals surface area contributed by atoms with Gasteiger partial charge in [-0.1, -0.05) is 6.07 Å². The molecule has 0 atom stereocenters. The Balaban J connectivity index is 2.36. The molecular formula is C18H19NO3. The molecule has 0 amide bonds. The van der Waals surface area contributed by atoms with Gasteiger partial charge in [-0.2, -0.15) is 0 Å². The second-order valence-electron chi connectivity index (χ2n) is 5.25. The summed E-state index contributed by atoms with van der Waals surface area (Å²) < 4.78 is 4.72. The normalized spacial score (nSPS) is 10.9. The molecule has 0 aliphatic rings. The van der Waals surface area contributed by atoms with Gasteiger partial charge in [0, 0.05) is 6.21 Å². The van der Waals surface area contributed by atoms with Crippen molar-refractivity contribution in [2.24, 2.45) is 4.99 Å². The second kappa shape index (κ2) is 6.43. The number of nitrogens with zero attached hydrogens (tertiary/aromatic N) is 1. The van der Waals surface area contributed by atoms with Gasteiger partial charge >= 0.3 is 5.97 Å². The highest BCUT2D eigenvalue weighted by Gasteiger charge is 2.07. The van der Waals surface area contributed by atoms with E-state index in [2.05, 4.69) is 4.99 Å². The van der Waals surface area contributed by atoms with Crippen LogP contribution in [0.1, 0.15) is 32.6 Å². The number of aryl methyl sites for hydroxylation is 3. The average molecular weight is 297 g/mol. The van der Waals surface area contributed by atoms with Crippen LogP contribution >= 0.6 is 0 Å². The summed E-state index contributed by atoms with van der Waals surface area (Å²) in [7, 11) is 1.35. The number of rotatable bonds is 3. The van der Waals surface area contributed by atoms with Crippen molar-refractivity contribution in [2.75, 3.05) is 7.11 Å². The number of methoxy groups -OCH3 is 1. The van der Waals surface area contributed by atoms with Crippen LogP contribution in [0.25, 0.3) is 0 Å². The second-order valence-corrected chi connectivity index (χ2v) is 5.25. The van der Waals surface area contributed by atoms with E-state index in [0.717, 1.165) is 22.3 Å². The van der Waals surface area contributed by atoms with Gasteiger partial charge in [0.05, 0.1) is 18.4 Å². The van der Waals surface area contributed by atoms with Crippen LogP contribution in [0.2, 0.25) is 0 Å². The fraction of sp³-hybridized carbons (Fsp3) is 0.222. The summed E-state index contributed by atoms with van der Waals surface area (Å²) in [5.74, 6) is -0.0752. The lowest BCUT2D eigenvalue weighted by molar-refractivity contribution is 0.0601. The summed E-state index contributed by atoms with van der Waals surface area (Å²) in [6.45, 7) is 5.63. The number of phenolic OH excluding ortho intramolecular Hbond substituents is 1. The van der Waals surface area contributed by atoms with Crippen molar-refractivity contribution in [3.8, 4) is 5.75 Å². The summed E-state index contributed by atoms with van der Waals surface area (Å²) in [6, 6.07) is 9.00. The van der Waals surface area contributed by atoms with Crippen molar-refractivity contribution >= 4 is 17.9 Å². The Kier molecular flexibility index (Phi) is 4.61. The van der Waals surface area contributed by atoms with E-state index in [4.69, 9.17) is 4.74 Å². The average Bonchev–Trinajstić information content (AvgIpc) is 2.50. The predicted molar refractivity (Wildman–Crippen MR) is 87.4 cm³/mol. The lowest BCUT2D eigenvalue weighted by atomic mass is 10.1. The zero-order valence-corrected chi connectivity index (χ0v) is 13.2. The molecule has 0 saturated carbocycles. The minimum atomic E-state index is -0.382. The topological polar surface area (TPSA) is 58.9 Å². The third kappa shape index (κ3) is 3.34. The molecule has 2 aromatic rings. The Bertz CT molecular complexity index is 725. The molecule has 0 fully saturated rings. The number of hydrogen-bond donors (Lipinski definition) is 1. The Morgan fingerprint density at radius 2 is 1.73 bits per heavy atom. The van der Waals surface area contributed by atoms with Gasteiger partial charge in [-0.15, -0.1) is 0 Å². The van der Waals surface area contributed by atoms with Crippen molar-refractivity contribution in [1.29, 1.82) is 0 Å². The van der Waals surface area contributed by atoms with Gasteiger partial charge in [-0.3, -0.25) is 4.99 Å². The first-order valence-corrected chi connectivity index (χ1v) is 6.95. The number of aliphatic imine (C=N–C) groups is 1. The molecule has 4 heteroatoms. The summed E-state index contributed by atoms with van der Waals surface area (Å²) in [5.41, 5.74) is 4.67. The maximum atomic E-state index is 11.6. The monoisotopic (exact) mass is 297 g/mol. The minimum Gasteiger partial charge on any atom is -0.507 e. The Hall–Kier alpha value is -2.62. The van der Waals surface area contributed by atoms with Crippen LogP contribution in [0.5, 0.6) is 5.75 Å². The Morgan fingerprint density at radius 3 is 2.32 bits per heavy atom. The lowest BCUT2D eigenvalue weighted by Crippen LogP contribution is -2.00. The molecule has 0 bridgehead atoms. The Morgan fingerprint density at radius 1 is 1.09 bits per heavy atom. The van der Waals surface area contributed by atoms with Crippen LogP contribution in [0.15, 0.2) is 35.3 Å². The molecule has 0 radical (unpaired) electrons. The number of aromatic hydroxyl groups is 1. The first-order valence-electron chi connectivity index (χ1n) is 6.95. The Labute approximate surface area is 130 Å². The standard InChI is InChI=1S/C18H19NO3/c1-11-5-6-15(18(21)22-4)9-16(11)19-10-14-7-12(2)17(20)13(3)8-14/h5-10,20H,1-4H3. The third-order valence-electron chi connectivity index (χ3n) is 3.50. The highest BCUT2D eigenvalue weighted by Crippen LogP contribution is 2.24. The van der Waals surface area contributed by atoms with Gasteiger partial charge in [0.15, 0.2) is 0 Å². The SMILES string of the molecule is COC(=O)c1ccc(C)c(N=Cc2cc(C)c(O)c(C)c2)c1. The lowest BCUT2D eigenvalue weighted by Gasteiger charge is -2.06. The van der Waals surface area contributed by atoms with Crippen LogP contribution in [0.3, 0.4) is 0 Å². The zero-order valence-electron chi connectivity index (χ0n) is 13.2. The quantitative estimate of drug-likeness (QED) is 0.691. The number of ether oxygens (including phenoxy) is 1. The van der Waals surface area contributed by atoms with Crippen molar-refractivity contribution in [2.45, 2.75) is 20.8 Å². The molecule has 22 heavy (non-hydrogen) atoms. The van der Waals surface area contributed by atoms with Gasteiger partial charge in [-0.05, 0) is 67.3 Å². The molecule has 0 aliphatic carbocycles. The first kappa shape index (κ1) is 15.8. The van der Waals surface area contributed by atoms with E-state index in [1.807, 2.05) is 39.0 Å². The van der Waals surface area contributed by atoms with E-state index in [1.165, 1.54) is 7.11 Å². The summed E-state index contributed by atoms with van der Waals surface area (Å²) in [6.07, 6.45) is 1.73. The molecule has 4 nitrogen and oxygen atoms in total. The molecule has 0 aliphatic heterocycles. The summed E-state index contributed by atoms with van der Waals surface area (Å²) >= 11 is 0. The molecule has 0 heterocycles. The van der Waals surface area contributed by atoms with Crippen molar-refractivity contribution < 1.29 is 14.6 Å². The largest absolute Gasteiger partial charge is 0.507 e. The van der Waals surface area contributed by atoms with Gasteiger partial charge in [-0.25, -0.2) is 4.79 Å². The number of carbonyl (C=O) groups is 1. The van der Waals surface area contributed by atoms with E-state index >= 15 is 0 Å². The molecule has 0 saturated heterocycles. The molecule has 2 rings (SSSR count). The van der Waals surface area contributed by atoms with Gasteiger partial charge < -0.3 is 9.84 Å². The minimum absolute atomic E-state index is 0.306. The zero-order chi connectivity index (χ0) is 16.3. The number of esters is 1. The van der Waals surface area contributed by atoms with Crippen molar-refractivity contribution in [1.82, 2.24) is 0 Å². The van der Waals surface area contributed by atoms with Crippen molar-refractivity contribution in [3.63, 3.8) is 0 Å². The van der Waals surface area contributed by atoms with Crippen molar-refractivity contribution in [3.05, 3.63) is 58.1 Å². The number of benzene rings is 2. The van der Waals surface area contributed by atoms with E-state index < -0.39 is 0 Å². The molecule has 1 N–H and O–H groups in total. The predicted octanol–water partition coefficient (Wildman–Crippen LogP) is 3.85. The smallest absolute Gasteiger partial charge is 0.337 e. The number of carbonyl (C=O) groups excluding carboxylic acids is 1. The van der Waals surface area contributed by atoms with E-state index in [0.29, 0.717) is 17.0 Å². The first-order chi connectivity index (χ1) is 10.4. The van der Waals surface area contributed by atoms with Crippen LogP contribution < -0.4 is 0 Å². The molecule has 0 unspecified atom stereocenters. The van der Waals surface area contributed by atoms with Crippen LogP contribution in [-0.4, -0.2) is 24.4 Å². The van der Waals surface area contributed by atoms with Gasteiger partial charge in [0.2, 0.25) is 0 Å². The molecular weight excluding hydrogens is 278 g/mol. The van der Waals surface area contributed by atoms with E-state index in [-0.39, 0.29) is 5.97 Å².